The average molecular weight is 405 g/mol. The molecule has 2 heteroatoms. The van der Waals surface area contributed by atoms with Crippen LogP contribution in [0, 0.1) is 0 Å². The number of benzene rings is 4. The van der Waals surface area contributed by atoms with Crippen molar-refractivity contribution in [3.63, 3.8) is 0 Å². The minimum atomic E-state index is 0.412. The highest BCUT2D eigenvalue weighted by atomic mass is 15.1. The first-order valence-electron chi connectivity index (χ1n) is 11.1. The molecule has 5 aromatic rings. The van der Waals surface area contributed by atoms with Gasteiger partial charge in [-0.2, -0.15) is 0 Å². The molecular formula is C29H28N2. The zero-order valence-electron chi connectivity index (χ0n) is 18.6. The molecule has 1 heterocycles. The summed E-state index contributed by atoms with van der Waals surface area (Å²) in [5.74, 6) is 1.83. The summed E-state index contributed by atoms with van der Waals surface area (Å²) in [5, 5.41) is 2.46. The highest BCUT2D eigenvalue weighted by molar-refractivity contribution is 5.97. The van der Waals surface area contributed by atoms with Crippen molar-refractivity contribution >= 4 is 21.8 Å². The molecule has 0 unspecified atom stereocenters. The lowest BCUT2D eigenvalue weighted by atomic mass is 9.92. The largest absolute Gasteiger partial charge is 0.292 e. The van der Waals surface area contributed by atoms with E-state index in [0.29, 0.717) is 11.8 Å². The lowest BCUT2D eigenvalue weighted by molar-refractivity contribution is 0.811. The minimum absolute atomic E-state index is 0.412. The molecule has 1 aromatic heterocycles. The highest BCUT2D eigenvalue weighted by Crippen LogP contribution is 2.38. The van der Waals surface area contributed by atoms with Crippen molar-refractivity contribution in [1.82, 2.24) is 9.55 Å². The van der Waals surface area contributed by atoms with E-state index in [2.05, 4.69) is 117 Å². The van der Waals surface area contributed by atoms with E-state index in [1.54, 1.807) is 0 Å². The number of para-hydroxylation sites is 1. The van der Waals surface area contributed by atoms with Gasteiger partial charge in [-0.05, 0) is 45.9 Å². The van der Waals surface area contributed by atoms with E-state index in [4.69, 9.17) is 4.98 Å². The van der Waals surface area contributed by atoms with Gasteiger partial charge in [0.05, 0.1) is 16.7 Å². The smallest absolute Gasteiger partial charge is 0.145 e. The van der Waals surface area contributed by atoms with Crippen LogP contribution in [0.15, 0.2) is 84.9 Å². The molecule has 5 rings (SSSR count). The van der Waals surface area contributed by atoms with Gasteiger partial charge in [0, 0.05) is 5.56 Å². The summed E-state index contributed by atoms with van der Waals surface area (Å²) in [6, 6.07) is 30.4. The monoisotopic (exact) mass is 404 g/mol. The van der Waals surface area contributed by atoms with Crippen LogP contribution in [0.25, 0.3) is 38.9 Å². The molecule has 0 radical (unpaired) electrons. The summed E-state index contributed by atoms with van der Waals surface area (Å²) in [4.78, 5) is 5.17. The van der Waals surface area contributed by atoms with Crippen molar-refractivity contribution in [2.75, 3.05) is 0 Å². The van der Waals surface area contributed by atoms with E-state index in [1.165, 1.54) is 27.6 Å². The molecule has 0 bridgehead atoms. The van der Waals surface area contributed by atoms with Crippen LogP contribution in [0.3, 0.4) is 0 Å². The number of hydrogen-bond acceptors (Lipinski definition) is 1. The summed E-state index contributed by atoms with van der Waals surface area (Å²) in [5.41, 5.74) is 7.32. The third kappa shape index (κ3) is 3.33. The van der Waals surface area contributed by atoms with E-state index in [1.807, 2.05) is 0 Å². The van der Waals surface area contributed by atoms with Gasteiger partial charge >= 0.3 is 0 Å². The van der Waals surface area contributed by atoms with Crippen molar-refractivity contribution in [2.24, 2.45) is 0 Å². The summed E-state index contributed by atoms with van der Waals surface area (Å²) < 4.78 is 2.40. The third-order valence-electron chi connectivity index (χ3n) is 6.12. The fourth-order valence-corrected chi connectivity index (χ4v) is 4.54. The van der Waals surface area contributed by atoms with Crippen molar-refractivity contribution in [3.8, 4) is 17.1 Å². The Labute approximate surface area is 184 Å². The van der Waals surface area contributed by atoms with Gasteiger partial charge in [0.1, 0.15) is 5.82 Å². The van der Waals surface area contributed by atoms with Crippen LogP contribution in [-0.4, -0.2) is 9.55 Å². The standard InChI is InChI=1S/C29H28N2/c1-19(2)24-15-10-16-25(20(3)4)28(24)31-27-18-23-14-9-8-13-22(23)17-26(27)30-29(31)21-11-6-5-7-12-21/h5-20H,1-4H3. The number of nitrogens with zero attached hydrogens (tertiary/aromatic N) is 2. The second-order valence-electron chi connectivity index (χ2n) is 8.92. The first-order valence-corrected chi connectivity index (χ1v) is 11.1. The van der Waals surface area contributed by atoms with Gasteiger partial charge in [-0.15, -0.1) is 0 Å². The Bertz CT molecular complexity index is 1350. The van der Waals surface area contributed by atoms with Crippen LogP contribution in [0.1, 0.15) is 50.7 Å². The molecule has 0 saturated carbocycles. The van der Waals surface area contributed by atoms with Crippen LogP contribution in [-0.2, 0) is 0 Å². The Hall–Kier alpha value is -3.39. The van der Waals surface area contributed by atoms with Crippen molar-refractivity contribution in [2.45, 2.75) is 39.5 Å². The van der Waals surface area contributed by atoms with Gasteiger partial charge < -0.3 is 0 Å². The molecule has 0 aliphatic heterocycles. The number of rotatable bonds is 4. The maximum absolute atomic E-state index is 5.17. The Morgan fingerprint density at radius 2 is 1.23 bits per heavy atom. The second kappa shape index (κ2) is 7.70. The molecule has 0 aliphatic rings. The number of fused-ring (bicyclic) bond motifs is 2. The first-order chi connectivity index (χ1) is 15.0. The fraction of sp³-hybridized carbons (Fsp3) is 0.207. The van der Waals surface area contributed by atoms with Crippen LogP contribution in [0.5, 0.6) is 0 Å². The number of aromatic nitrogens is 2. The van der Waals surface area contributed by atoms with Gasteiger partial charge in [-0.25, -0.2) is 4.98 Å². The van der Waals surface area contributed by atoms with E-state index in [0.717, 1.165) is 22.4 Å². The molecule has 4 aromatic carbocycles. The SMILES string of the molecule is CC(C)c1cccc(C(C)C)c1-n1c(-c2ccccc2)nc2cc3ccccc3cc21. The molecule has 154 valence electrons. The first kappa shape index (κ1) is 19.6. The van der Waals surface area contributed by atoms with Gasteiger partial charge in [0.15, 0.2) is 0 Å². The van der Waals surface area contributed by atoms with Crippen molar-refractivity contribution in [1.29, 1.82) is 0 Å². The number of hydrogen-bond donors (Lipinski definition) is 0. The lowest BCUT2D eigenvalue weighted by Gasteiger charge is -2.22. The molecule has 2 nitrogen and oxygen atoms in total. The summed E-state index contributed by atoms with van der Waals surface area (Å²) in [6.45, 7) is 9.11. The topological polar surface area (TPSA) is 17.8 Å². The van der Waals surface area contributed by atoms with Crippen molar-refractivity contribution in [3.05, 3.63) is 96.1 Å². The summed E-state index contributed by atoms with van der Waals surface area (Å²) >= 11 is 0. The molecule has 0 fully saturated rings. The summed E-state index contributed by atoms with van der Waals surface area (Å²) in [6.07, 6.45) is 0. The van der Waals surface area contributed by atoms with E-state index >= 15 is 0 Å². The Kier molecular flexibility index (Phi) is 4.86. The Balaban J connectivity index is 1.96. The molecule has 0 N–H and O–H groups in total. The lowest BCUT2D eigenvalue weighted by Crippen LogP contribution is -2.08. The normalized spacial score (nSPS) is 11.8. The molecule has 31 heavy (non-hydrogen) atoms. The van der Waals surface area contributed by atoms with Gasteiger partial charge in [0.25, 0.3) is 0 Å². The Morgan fingerprint density at radius 1 is 0.645 bits per heavy atom. The fourth-order valence-electron chi connectivity index (χ4n) is 4.54. The predicted octanol–water partition coefficient (Wildman–Crippen LogP) is 8.09. The van der Waals surface area contributed by atoms with Crippen LogP contribution in [0.4, 0.5) is 0 Å². The maximum atomic E-state index is 5.17. The van der Waals surface area contributed by atoms with E-state index < -0.39 is 0 Å². The molecule has 0 amide bonds. The maximum Gasteiger partial charge on any atom is 0.145 e. The zero-order chi connectivity index (χ0) is 21.5. The van der Waals surface area contributed by atoms with Crippen LogP contribution in [0.2, 0.25) is 0 Å². The molecule has 0 aliphatic carbocycles. The molecule has 0 atom stereocenters. The Morgan fingerprint density at radius 3 is 1.84 bits per heavy atom. The molecular weight excluding hydrogens is 376 g/mol. The van der Waals surface area contributed by atoms with Crippen LogP contribution >= 0.6 is 0 Å². The second-order valence-corrected chi connectivity index (χ2v) is 8.92. The predicted molar refractivity (Wildman–Crippen MR) is 132 cm³/mol. The van der Waals surface area contributed by atoms with Gasteiger partial charge in [-0.3, -0.25) is 4.57 Å². The van der Waals surface area contributed by atoms with E-state index in [9.17, 15) is 0 Å². The zero-order valence-corrected chi connectivity index (χ0v) is 18.6. The average Bonchev–Trinajstić information content (AvgIpc) is 3.15. The summed E-state index contributed by atoms with van der Waals surface area (Å²) in [7, 11) is 0. The van der Waals surface area contributed by atoms with Crippen LogP contribution < -0.4 is 0 Å². The number of imidazole rings is 1. The highest BCUT2D eigenvalue weighted by Gasteiger charge is 2.22. The quantitative estimate of drug-likeness (QED) is 0.296. The van der Waals surface area contributed by atoms with Gasteiger partial charge in [0.2, 0.25) is 0 Å². The minimum Gasteiger partial charge on any atom is -0.292 e. The third-order valence-corrected chi connectivity index (χ3v) is 6.12. The van der Waals surface area contributed by atoms with Crippen molar-refractivity contribution < 1.29 is 0 Å². The molecule has 0 spiro atoms. The van der Waals surface area contributed by atoms with E-state index in [-0.39, 0.29) is 0 Å². The molecule has 0 saturated heterocycles. The van der Waals surface area contributed by atoms with Gasteiger partial charge in [-0.1, -0.05) is 100 Å².